The maximum Gasteiger partial charge on any atom is 0.573 e. The lowest BCUT2D eigenvalue weighted by Crippen LogP contribution is -2.45. The number of hydrogen-bond donors (Lipinski definition) is 0. The molecule has 0 amide bonds. The van der Waals surface area contributed by atoms with Gasteiger partial charge in [0.1, 0.15) is 17.4 Å². The molecule has 0 radical (unpaired) electrons. The number of piperidine rings is 1. The number of pyridine rings is 1. The number of rotatable bonds is 4. The van der Waals surface area contributed by atoms with Gasteiger partial charge in [-0.25, -0.2) is 9.97 Å². The summed E-state index contributed by atoms with van der Waals surface area (Å²) in [6.45, 7) is 4.65. The van der Waals surface area contributed by atoms with E-state index in [9.17, 15) is 13.2 Å². The van der Waals surface area contributed by atoms with Gasteiger partial charge in [0.05, 0.1) is 18.9 Å². The Kier molecular flexibility index (Phi) is 5.86. The van der Waals surface area contributed by atoms with Crippen molar-refractivity contribution in [3.05, 3.63) is 54.6 Å². The molecule has 0 bridgehead atoms. The summed E-state index contributed by atoms with van der Waals surface area (Å²) < 4.78 is 52.8. The number of benzene rings is 1. The van der Waals surface area contributed by atoms with E-state index in [0.29, 0.717) is 24.6 Å². The Balaban J connectivity index is 1.36. The maximum absolute atomic E-state index is 12.4. The topological polar surface area (TPSA) is 69.6 Å². The number of aromatic nitrogens is 3. The van der Waals surface area contributed by atoms with Crippen molar-refractivity contribution < 1.29 is 27.4 Å². The van der Waals surface area contributed by atoms with Gasteiger partial charge in [-0.3, -0.25) is 4.98 Å². The molecule has 3 aromatic rings. The average Bonchev–Trinajstić information content (AvgIpc) is 3.26. The molecule has 34 heavy (non-hydrogen) atoms. The van der Waals surface area contributed by atoms with Gasteiger partial charge in [-0.1, -0.05) is 12.1 Å². The summed E-state index contributed by atoms with van der Waals surface area (Å²) in [6, 6.07) is 9.53. The first-order valence-corrected chi connectivity index (χ1v) is 11.0. The van der Waals surface area contributed by atoms with Crippen molar-refractivity contribution >= 4 is 5.82 Å². The number of halogens is 3. The van der Waals surface area contributed by atoms with Crippen molar-refractivity contribution in [1.29, 1.82) is 0 Å². The van der Waals surface area contributed by atoms with E-state index in [4.69, 9.17) is 9.47 Å². The van der Waals surface area contributed by atoms with Gasteiger partial charge in [-0.15, -0.1) is 13.2 Å². The normalized spacial score (nSPS) is 17.8. The molecule has 0 aliphatic carbocycles. The fourth-order valence-corrected chi connectivity index (χ4v) is 4.31. The van der Waals surface area contributed by atoms with Gasteiger partial charge >= 0.3 is 6.36 Å². The monoisotopic (exact) mass is 472 g/mol. The molecule has 2 saturated heterocycles. The second kappa shape index (κ2) is 8.84. The largest absolute Gasteiger partial charge is 0.573 e. The first-order valence-electron chi connectivity index (χ1n) is 11.0. The van der Waals surface area contributed by atoms with E-state index in [2.05, 4.69) is 24.6 Å². The van der Waals surface area contributed by atoms with Crippen LogP contribution in [0.3, 0.4) is 0 Å². The molecule has 0 N–H and O–H groups in total. The van der Waals surface area contributed by atoms with E-state index < -0.39 is 12.1 Å². The minimum atomic E-state index is -4.72. The molecule has 2 aliphatic rings. The number of aryl methyl sites for hydroxylation is 1. The smallest absolute Gasteiger partial charge is 0.406 e. The van der Waals surface area contributed by atoms with Crippen molar-refractivity contribution in [1.82, 2.24) is 15.0 Å². The van der Waals surface area contributed by atoms with Gasteiger partial charge in [0.2, 0.25) is 0 Å². The molecule has 0 unspecified atom stereocenters. The molecule has 1 aromatic carbocycles. The van der Waals surface area contributed by atoms with Crippen molar-refractivity contribution in [3.8, 4) is 28.1 Å². The number of alkyl halides is 3. The highest BCUT2D eigenvalue weighted by atomic mass is 19.4. The molecule has 5 rings (SSSR count). The number of hydrogen-bond acceptors (Lipinski definition) is 7. The van der Waals surface area contributed by atoms with E-state index in [-0.39, 0.29) is 5.75 Å². The van der Waals surface area contributed by atoms with E-state index in [1.807, 2.05) is 19.1 Å². The predicted molar refractivity (Wildman–Crippen MR) is 118 cm³/mol. The van der Waals surface area contributed by atoms with Gasteiger partial charge in [0, 0.05) is 55.5 Å². The Hall–Kier alpha value is -3.24. The van der Waals surface area contributed by atoms with Crippen LogP contribution in [0, 0.1) is 6.92 Å². The van der Waals surface area contributed by atoms with Crippen LogP contribution in [-0.4, -0.2) is 53.4 Å². The van der Waals surface area contributed by atoms with Crippen molar-refractivity contribution in [3.63, 3.8) is 0 Å². The van der Waals surface area contributed by atoms with Gasteiger partial charge in [-0.2, -0.15) is 0 Å². The second-order valence-corrected chi connectivity index (χ2v) is 8.29. The molecule has 1 spiro atoms. The first kappa shape index (κ1) is 22.5. The Morgan fingerprint density at radius 2 is 1.59 bits per heavy atom. The third-order valence-electron chi connectivity index (χ3n) is 5.94. The van der Waals surface area contributed by atoms with Crippen LogP contribution in [0.1, 0.15) is 18.7 Å². The molecular weight excluding hydrogens is 449 g/mol. The van der Waals surface area contributed by atoms with Crippen LogP contribution in [0.4, 0.5) is 19.0 Å². The van der Waals surface area contributed by atoms with Crippen LogP contribution >= 0.6 is 0 Å². The zero-order valence-electron chi connectivity index (χ0n) is 18.5. The third kappa shape index (κ3) is 4.97. The lowest BCUT2D eigenvalue weighted by atomic mass is 10.0. The minimum absolute atomic E-state index is 0.270. The first-order chi connectivity index (χ1) is 16.3. The molecule has 0 saturated carbocycles. The van der Waals surface area contributed by atoms with Crippen LogP contribution < -0.4 is 9.64 Å². The van der Waals surface area contributed by atoms with Gasteiger partial charge in [0.15, 0.2) is 5.79 Å². The minimum Gasteiger partial charge on any atom is -0.406 e. The van der Waals surface area contributed by atoms with Crippen molar-refractivity contribution in [2.75, 3.05) is 31.2 Å². The molecule has 7 nitrogen and oxygen atoms in total. The Bertz CT molecular complexity index is 1150. The molecule has 0 atom stereocenters. The number of anilines is 1. The van der Waals surface area contributed by atoms with Crippen LogP contribution in [0.25, 0.3) is 22.4 Å². The molecule has 4 heterocycles. The lowest BCUT2D eigenvalue weighted by Gasteiger charge is -2.38. The second-order valence-electron chi connectivity index (χ2n) is 8.29. The summed E-state index contributed by atoms with van der Waals surface area (Å²) >= 11 is 0. The fraction of sp³-hybridized carbons (Fsp3) is 0.375. The molecule has 2 aromatic heterocycles. The zero-order valence-corrected chi connectivity index (χ0v) is 18.5. The highest BCUT2D eigenvalue weighted by Crippen LogP contribution is 2.34. The summed E-state index contributed by atoms with van der Waals surface area (Å²) in [5.74, 6) is 0.739. The summed E-state index contributed by atoms with van der Waals surface area (Å²) in [6.07, 6.45) is 0.190. The SMILES string of the molecule is Cc1nc(-c2cncc(-c3ccc(OC(F)(F)F)cc3)c2)cc(N2CCC3(CC2)OCCO3)n1. The summed E-state index contributed by atoms with van der Waals surface area (Å²) in [5, 5.41) is 0. The molecule has 10 heteroatoms. The van der Waals surface area contributed by atoms with Crippen LogP contribution in [-0.2, 0) is 9.47 Å². The molecule has 2 aliphatic heterocycles. The van der Waals surface area contributed by atoms with Gasteiger partial charge in [0.25, 0.3) is 0 Å². The van der Waals surface area contributed by atoms with Crippen LogP contribution in [0.15, 0.2) is 48.8 Å². The predicted octanol–water partition coefficient (Wildman–Crippen LogP) is 4.76. The molecule has 178 valence electrons. The zero-order chi connectivity index (χ0) is 23.8. The van der Waals surface area contributed by atoms with Crippen LogP contribution in [0.5, 0.6) is 5.75 Å². The summed E-state index contributed by atoms with van der Waals surface area (Å²) in [7, 11) is 0. The number of ether oxygens (including phenoxy) is 3. The lowest BCUT2D eigenvalue weighted by molar-refractivity contribution is -0.274. The highest BCUT2D eigenvalue weighted by molar-refractivity contribution is 5.71. The van der Waals surface area contributed by atoms with Crippen molar-refractivity contribution in [2.24, 2.45) is 0 Å². The average molecular weight is 472 g/mol. The van der Waals surface area contributed by atoms with E-state index in [1.165, 1.54) is 12.1 Å². The van der Waals surface area contributed by atoms with Gasteiger partial charge < -0.3 is 19.1 Å². The van der Waals surface area contributed by atoms with E-state index in [1.54, 1.807) is 24.5 Å². The quantitative estimate of drug-likeness (QED) is 0.543. The van der Waals surface area contributed by atoms with Gasteiger partial charge in [-0.05, 0) is 30.7 Å². The Morgan fingerprint density at radius 3 is 2.26 bits per heavy atom. The molecule has 2 fully saturated rings. The summed E-state index contributed by atoms with van der Waals surface area (Å²) in [4.78, 5) is 15.7. The summed E-state index contributed by atoms with van der Waals surface area (Å²) in [5.41, 5.74) is 2.98. The van der Waals surface area contributed by atoms with Crippen molar-refractivity contribution in [2.45, 2.75) is 31.9 Å². The fourth-order valence-electron chi connectivity index (χ4n) is 4.31. The highest BCUT2D eigenvalue weighted by Gasteiger charge is 2.40. The Morgan fingerprint density at radius 1 is 0.912 bits per heavy atom. The maximum atomic E-state index is 12.4. The molecular formula is C24H23F3N4O3. The van der Waals surface area contributed by atoms with Crippen LogP contribution in [0.2, 0.25) is 0 Å². The Labute approximate surface area is 194 Å². The number of nitrogens with zero attached hydrogens (tertiary/aromatic N) is 4. The standard InChI is InChI=1S/C24H23F3N4O3/c1-16-29-21(13-22(30-16)31-8-6-23(7-9-31)32-10-11-33-23)19-12-18(14-28-15-19)17-2-4-20(5-3-17)34-24(25,26)27/h2-5,12-15H,6-11H2,1H3. The van der Waals surface area contributed by atoms with E-state index in [0.717, 1.165) is 48.6 Å². The van der Waals surface area contributed by atoms with E-state index >= 15 is 0 Å². The third-order valence-corrected chi connectivity index (χ3v) is 5.94.